The van der Waals surface area contributed by atoms with E-state index in [1.54, 1.807) is 24.3 Å². The lowest BCUT2D eigenvalue weighted by molar-refractivity contribution is -0.126. The molecule has 0 saturated carbocycles. The van der Waals surface area contributed by atoms with Crippen LogP contribution in [-0.4, -0.2) is 24.4 Å². The maximum absolute atomic E-state index is 12.4. The number of anilines is 2. The van der Waals surface area contributed by atoms with Crippen LogP contribution >= 0.6 is 0 Å². The van der Waals surface area contributed by atoms with E-state index in [-0.39, 0.29) is 36.9 Å². The molecule has 0 fully saturated rings. The van der Waals surface area contributed by atoms with Crippen LogP contribution in [0.2, 0.25) is 0 Å². The molecule has 0 bridgehead atoms. The third-order valence-electron chi connectivity index (χ3n) is 5.75. The van der Waals surface area contributed by atoms with Crippen molar-refractivity contribution in [2.24, 2.45) is 0 Å². The molecule has 182 valence electrons. The zero-order valence-electron chi connectivity index (χ0n) is 20.0. The molecule has 4 aromatic carbocycles. The monoisotopic (exact) mass is 480 g/mol. The summed E-state index contributed by atoms with van der Waals surface area (Å²) in [6.45, 7) is 1.76. The van der Waals surface area contributed by atoms with Crippen molar-refractivity contribution in [2.75, 3.05) is 17.2 Å². The molecule has 4 amide bonds. The highest BCUT2D eigenvalue weighted by Gasteiger charge is 2.12. The van der Waals surface area contributed by atoms with E-state index in [4.69, 9.17) is 0 Å². The van der Waals surface area contributed by atoms with Crippen molar-refractivity contribution in [3.05, 3.63) is 108 Å². The topological polar surface area (TPSA) is 99.3 Å². The van der Waals surface area contributed by atoms with Gasteiger partial charge in [0.25, 0.3) is 0 Å². The molecular formula is C29H28N4O3. The summed E-state index contributed by atoms with van der Waals surface area (Å²) in [5, 5.41) is 13.2. The van der Waals surface area contributed by atoms with Crippen molar-refractivity contribution >= 4 is 40.0 Å². The SMILES string of the molecule is CC(NC(=O)CNC(=O)Cc1cccc2ccccc12)c1ccc(NC(=O)Nc2ccccc2)cc1. The van der Waals surface area contributed by atoms with Gasteiger partial charge in [0.1, 0.15) is 0 Å². The first kappa shape index (κ1) is 24.5. The molecule has 0 spiro atoms. The summed E-state index contributed by atoms with van der Waals surface area (Å²) in [6.07, 6.45) is 0.205. The van der Waals surface area contributed by atoms with Crippen LogP contribution in [0.5, 0.6) is 0 Å². The summed E-state index contributed by atoms with van der Waals surface area (Å²) in [5.41, 5.74) is 3.13. The quantitative estimate of drug-likeness (QED) is 0.285. The number of para-hydroxylation sites is 1. The van der Waals surface area contributed by atoms with E-state index in [1.807, 2.05) is 79.7 Å². The highest BCUT2D eigenvalue weighted by atomic mass is 16.2. The van der Waals surface area contributed by atoms with E-state index >= 15 is 0 Å². The lowest BCUT2D eigenvalue weighted by atomic mass is 10.0. The van der Waals surface area contributed by atoms with E-state index < -0.39 is 0 Å². The van der Waals surface area contributed by atoms with Gasteiger partial charge in [-0.25, -0.2) is 4.79 Å². The zero-order valence-corrected chi connectivity index (χ0v) is 20.0. The molecule has 4 aromatic rings. The van der Waals surface area contributed by atoms with E-state index in [0.29, 0.717) is 11.4 Å². The van der Waals surface area contributed by atoms with Gasteiger partial charge in [-0.15, -0.1) is 0 Å². The van der Waals surface area contributed by atoms with E-state index in [2.05, 4.69) is 21.3 Å². The number of carbonyl (C=O) groups is 3. The summed E-state index contributed by atoms with van der Waals surface area (Å²) < 4.78 is 0. The number of rotatable bonds is 8. The number of hydrogen-bond acceptors (Lipinski definition) is 3. The fourth-order valence-corrected chi connectivity index (χ4v) is 3.91. The largest absolute Gasteiger partial charge is 0.348 e. The van der Waals surface area contributed by atoms with Gasteiger partial charge in [-0.3, -0.25) is 9.59 Å². The van der Waals surface area contributed by atoms with Gasteiger partial charge in [0.05, 0.1) is 19.0 Å². The van der Waals surface area contributed by atoms with E-state index in [0.717, 1.165) is 21.9 Å². The molecule has 0 saturated heterocycles. The third kappa shape index (κ3) is 6.70. The first-order valence-electron chi connectivity index (χ1n) is 11.7. The van der Waals surface area contributed by atoms with Crippen LogP contribution < -0.4 is 21.3 Å². The maximum atomic E-state index is 12.4. The number of amides is 4. The fraction of sp³-hybridized carbons (Fsp3) is 0.138. The molecular weight excluding hydrogens is 452 g/mol. The lowest BCUT2D eigenvalue weighted by Crippen LogP contribution is -2.38. The highest BCUT2D eigenvalue weighted by Crippen LogP contribution is 2.19. The van der Waals surface area contributed by atoms with Crippen molar-refractivity contribution < 1.29 is 14.4 Å². The molecule has 7 nitrogen and oxygen atoms in total. The Morgan fingerprint density at radius 1 is 0.694 bits per heavy atom. The number of nitrogens with one attached hydrogen (secondary N) is 4. The summed E-state index contributed by atoms with van der Waals surface area (Å²) in [4.78, 5) is 37.0. The molecule has 4 rings (SSSR count). The van der Waals surface area contributed by atoms with Crippen LogP contribution in [0, 0.1) is 0 Å². The van der Waals surface area contributed by atoms with Gasteiger partial charge in [0, 0.05) is 11.4 Å². The van der Waals surface area contributed by atoms with Gasteiger partial charge in [-0.1, -0.05) is 72.8 Å². The Bertz CT molecular complexity index is 1350. The minimum Gasteiger partial charge on any atom is -0.348 e. The molecule has 0 aliphatic rings. The summed E-state index contributed by atoms with van der Waals surface area (Å²) in [7, 11) is 0. The minimum atomic E-state index is -0.338. The molecule has 0 aliphatic heterocycles. The second kappa shape index (κ2) is 11.7. The Balaban J connectivity index is 1.23. The predicted octanol–water partition coefficient (Wildman–Crippen LogP) is 5.02. The van der Waals surface area contributed by atoms with E-state index in [1.165, 1.54) is 0 Å². The number of fused-ring (bicyclic) bond motifs is 1. The molecule has 36 heavy (non-hydrogen) atoms. The Labute approximate surface area is 209 Å². The van der Waals surface area contributed by atoms with Crippen molar-refractivity contribution in [2.45, 2.75) is 19.4 Å². The molecule has 4 N–H and O–H groups in total. The normalized spacial score (nSPS) is 11.4. The summed E-state index contributed by atoms with van der Waals surface area (Å²) in [6, 6.07) is 29.5. The average molecular weight is 481 g/mol. The third-order valence-corrected chi connectivity index (χ3v) is 5.75. The van der Waals surface area contributed by atoms with Gasteiger partial charge < -0.3 is 21.3 Å². The molecule has 0 heterocycles. The second-order valence-corrected chi connectivity index (χ2v) is 8.45. The summed E-state index contributed by atoms with van der Waals surface area (Å²) >= 11 is 0. The van der Waals surface area contributed by atoms with Crippen molar-refractivity contribution in [3.8, 4) is 0 Å². The predicted molar refractivity (Wildman–Crippen MR) is 143 cm³/mol. The van der Waals surface area contributed by atoms with E-state index in [9.17, 15) is 14.4 Å². The van der Waals surface area contributed by atoms with Gasteiger partial charge in [-0.05, 0) is 53.1 Å². The van der Waals surface area contributed by atoms with Crippen molar-refractivity contribution in [3.63, 3.8) is 0 Å². The smallest absolute Gasteiger partial charge is 0.323 e. The van der Waals surface area contributed by atoms with Crippen LogP contribution in [0.4, 0.5) is 16.2 Å². The molecule has 7 heteroatoms. The van der Waals surface area contributed by atoms with Gasteiger partial charge in [0.2, 0.25) is 11.8 Å². The Kier molecular flexibility index (Phi) is 7.93. The lowest BCUT2D eigenvalue weighted by Gasteiger charge is -2.16. The molecule has 0 radical (unpaired) electrons. The van der Waals surface area contributed by atoms with Crippen LogP contribution in [0.25, 0.3) is 10.8 Å². The standard InChI is InChI=1S/C29H28N4O3/c1-20(21-14-16-25(17-15-21)33-29(36)32-24-11-3-2-4-12-24)31-28(35)19-30-27(34)18-23-10-7-9-22-8-5-6-13-26(22)23/h2-17,20H,18-19H2,1H3,(H,30,34)(H,31,35)(H2,32,33,36). The second-order valence-electron chi connectivity index (χ2n) is 8.45. The zero-order chi connectivity index (χ0) is 25.3. The van der Waals surface area contributed by atoms with Crippen LogP contribution in [-0.2, 0) is 16.0 Å². The molecule has 0 aliphatic carbocycles. The maximum Gasteiger partial charge on any atom is 0.323 e. The molecule has 0 aromatic heterocycles. The first-order valence-corrected chi connectivity index (χ1v) is 11.7. The first-order chi connectivity index (χ1) is 17.5. The number of urea groups is 1. The minimum absolute atomic E-state index is 0.104. The number of hydrogen-bond donors (Lipinski definition) is 4. The number of benzene rings is 4. The highest BCUT2D eigenvalue weighted by molar-refractivity contribution is 5.99. The van der Waals surface area contributed by atoms with Gasteiger partial charge in [-0.2, -0.15) is 0 Å². The molecule has 1 unspecified atom stereocenters. The Hall–Kier alpha value is -4.65. The Morgan fingerprint density at radius 3 is 2.08 bits per heavy atom. The average Bonchev–Trinajstić information content (AvgIpc) is 2.88. The Morgan fingerprint density at radius 2 is 1.33 bits per heavy atom. The van der Waals surface area contributed by atoms with Crippen LogP contribution in [0.1, 0.15) is 24.1 Å². The summed E-state index contributed by atoms with van der Waals surface area (Å²) in [5.74, 6) is -0.489. The van der Waals surface area contributed by atoms with Gasteiger partial charge in [0.15, 0.2) is 0 Å². The molecule has 1 atom stereocenters. The fourth-order valence-electron chi connectivity index (χ4n) is 3.91. The van der Waals surface area contributed by atoms with Crippen LogP contribution in [0.15, 0.2) is 97.1 Å². The van der Waals surface area contributed by atoms with Crippen molar-refractivity contribution in [1.29, 1.82) is 0 Å². The van der Waals surface area contributed by atoms with Crippen LogP contribution in [0.3, 0.4) is 0 Å². The number of carbonyl (C=O) groups excluding carboxylic acids is 3. The van der Waals surface area contributed by atoms with Crippen molar-refractivity contribution in [1.82, 2.24) is 10.6 Å². The van der Waals surface area contributed by atoms with Gasteiger partial charge >= 0.3 is 6.03 Å².